The van der Waals surface area contributed by atoms with E-state index in [4.69, 9.17) is 5.11 Å². The first kappa shape index (κ1) is 7.46. The van der Waals surface area contributed by atoms with Crippen molar-refractivity contribution in [2.75, 3.05) is 11.9 Å². The van der Waals surface area contributed by atoms with E-state index in [0.29, 0.717) is 12.4 Å². The molecule has 2 N–H and O–H groups in total. The highest BCUT2D eigenvalue weighted by Crippen LogP contribution is 2.14. The van der Waals surface area contributed by atoms with Crippen molar-refractivity contribution in [3.63, 3.8) is 0 Å². The van der Waals surface area contributed by atoms with Gasteiger partial charge in [0.1, 0.15) is 0 Å². The molecule has 1 rings (SSSR count). The summed E-state index contributed by atoms with van der Waals surface area (Å²) in [6.45, 7) is 4.03. The molecule has 1 aromatic rings. The minimum atomic E-state index is -0.0122. The van der Waals surface area contributed by atoms with Gasteiger partial charge in [-0.15, -0.1) is 16.8 Å². The SMILES string of the molecule is C=CCNc1nnncc1O. The lowest BCUT2D eigenvalue weighted by Gasteiger charge is -2.00. The van der Waals surface area contributed by atoms with E-state index in [1.165, 1.54) is 6.20 Å². The lowest BCUT2D eigenvalue weighted by Crippen LogP contribution is -2.02. The van der Waals surface area contributed by atoms with Gasteiger partial charge in [0, 0.05) is 6.54 Å². The third-order valence-electron chi connectivity index (χ3n) is 1.03. The summed E-state index contributed by atoms with van der Waals surface area (Å²) in [7, 11) is 0. The van der Waals surface area contributed by atoms with E-state index in [1.807, 2.05) is 0 Å². The zero-order valence-electron chi connectivity index (χ0n) is 5.86. The Bertz CT molecular complexity index is 250. The van der Waals surface area contributed by atoms with Gasteiger partial charge in [-0.2, -0.15) is 0 Å². The predicted molar refractivity (Wildman–Crippen MR) is 40.2 cm³/mol. The molecule has 5 nitrogen and oxygen atoms in total. The minimum Gasteiger partial charge on any atom is -0.503 e. The van der Waals surface area contributed by atoms with E-state index in [0.717, 1.165) is 0 Å². The van der Waals surface area contributed by atoms with Crippen LogP contribution in [-0.4, -0.2) is 27.1 Å². The smallest absolute Gasteiger partial charge is 0.194 e. The van der Waals surface area contributed by atoms with E-state index < -0.39 is 0 Å². The van der Waals surface area contributed by atoms with Crippen LogP contribution in [0.3, 0.4) is 0 Å². The Hall–Kier alpha value is -1.65. The zero-order chi connectivity index (χ0) is 8.10. The van der Waals surface area contributed by atoms with Crippen molar-refractivity contribution in [1.82, 2.24) is 15.4 Å². The highest BCUT2D eigenvalue weighted by molar-refractivity contribution is 5.45. The van der Waals surface area contributed by atoms with Crippen molar-refractivity contribution >= 4 is 5.82 Å². The molecular formula is C6H8N4O. The molecule has 0 saturated carbocycles. The Kier molecular flexibility index (Phi) is 2.37. The number of nitrogens with one attached hydrogen (secondary N) is 1. The average molecular weight is 152 g/mol. The number of hydrogen-bond donors (Lipinski definition) is 2. The number of aromatic nitrogens is 3. The van der Waals surface area contributed by atoms with E-state index in [1.54, 1.807) is 6.08 Å². The number of rotatable bonds is 3. The molecule has 0 spiro atoms. The van der Waals surface area contributed by atoms with Crippen LogP contribution in [0.25, 0.3) is 0 Å². The molecule has 0 fully saturated rings. The predicted octanol–water partition coefficient (Wildman–Crippen LogP) is 0.175. The van der Waals surface area contributed by atoms with Gasteiger partial charge >= 0.3 is 0 Å². The Morgan fingerprint density at radius 2 is 2.55 bits per heavy atom. The van der Waals surface area contributed by atoms with E-state index >= 15 is 0 Å². The van der Waals surface area contributed by atoms with Crippen LogP contribution in [0.2, 0.25) is 0 Å². The highest BCUT2D eigenvalue weighted by atomic mass is 16.3. The number of hydrogen-bond acceptors (Lipinski definition) is 5. The van der Waals surface area contributed by atoms with Gasteiger partial charge in [0.25, 0.3) is 0 Å². The molecule has 0 bridgehead atoms. The maximum atomic E-state index is 9.08. The van der Waals surface area contributed by atoms with Crippen LogP contribution in [0.15, 0.2) is 18.9 Å². The Morgan fingerprint density at radius 3 is 3.18 bits per heavy atom. The molecule has 5 heteroatoms. The molecular weight excluding hydrogens is 144 g/mol. The molecule has 0 radical (unpaired) electrons. The fourth-order valence-electron chi connectivity index (χ4n) is 0.558. The quantitative estimate of drug-likeness (QED) is 0.604. The summed E-state index contributed by atoms with van der Waals surface area (Å²) in [6, 6.07) is 0. The van der Waals surface area contributed by atoms with Crippen LogP contribution in [-0.2, 0) is 0 Å². The monoisotopic (exact) mass is 152 g/mol. The first-order chi connectivity index (χ1) is 5.34. The maximum absolute atomic E-state index is 9.08. The molecule has 11 heavy (non-hydrogen) atoms. The fraction of sp³-hybridized carbons (Fsp3) is 0.167. The molecule has 0 aromatic carbocycles. The van der Waals surface area contributed by atoms with Crippen LogP contribution >= 0.6 is 0 Å². The van der Waals surface area contributed by atoms with Gasteiger partial charge in [-0.25, -0.2) is 0 Å². The molecule has 1 aromatic heterocycles. The molecule has 0 amide bonds. The second kappa shape index (κ2) is 3.50. The molecule has 0 aliphatic heterocycles. The molecule has 58 valence electrons. The molecule has 0 saturated heterocycles. The Balaban J connectivity index is 2.69. The van der Waals surface area contributed by atoms with Crippen molar-refractivity contribution < 1.29 is 5.11 Å². The summed E-state index contributed by atoms with van der Waals surface area (Å²) in [5.41, 5.74) is 0. The summed E-state index contributed by atoms with van der Waals surface area (Å²) in [4.78, 5) is 0. The molecule has 0 aliphatic rings. The zero-order valence-corrected chi connectivity index (χ0v) is 5.86. The maximum Gasteiger partial charge on any atom is 0.194 e. The van der Waals surface area contributed by atoms with E-state index in [-0.39, 0.29) is 5.75 Å². The third-order valence-corrected chi connectivity index (χ3v) is 1.03. The van der Waals surface area contributed by atoms with Crippen molar-refractivity contribution in [2.24, 2.45) is 0 Å². The summed E-state index contributed by atoms with van der Waals surface area (Å²) in [6.07, 6.45) is 2.87. The number of aromatic hydroxyl groups is 1. The van der Waals surface area contributed by atoms with E-state index in [9.17, 15) is 0 Å². The normalized spacial score (nSPS) is 9.09. The van der Waals surface area contributed by atoms with Crippen LogP contribution < -0.4 is 5.32 Å². The molecule has 1 heterocycles. The van der Waals surface area contributed by atoms with E-state index in [2.05, 4.69) is 27.3 Å². The molecule has 0 unspecified atom stereocenters. The standard InChI is InChI=1S/C6H8N4O/c1-2-3-7-6-5(11)4-8-10-9-6/h2,4H,1,3H2,(H,10,11)(H,7,8,9). The van der Waals surface area contributed by atoms with Gasteiger partial charge in [-0.1, -0.05) is 6.08 Å². The lowest BCUT2D eigenvalue weighted by molar-refractivity contribution is 0.468. The summed E-state index contributed by atoms with van der Waals surface area (Å²) in [5, 5.41) is 22.1. The highest BCUT2D eigenvalue weighted by Gasteiger charge is 1.98. The first-order valence-corrected chi connectivity index (χ1v) is 3.06. The van der Waals surface area contributed by atoms with Gasteiger partial charge in [0.15, 0.2) is 11.6 Å². The van der Waals surface area contributed by atoms with Gasteiger partial charge in [-0.05, 0) is 5.21 Å². The second-order valence-electron chi connectivity index (χ2n) is 1.84. The topological polar surface area (TPSA) is 70.9 Å². The average Bonchev–Trinajstić information content (AvgIpc) is 2.03. The van der Waals surface area contributed by atoms with Gasteiger partial charge < -0.3 is 10.4 Å². The third kappa shape index (κ3) is 1.89. The van der Waals surface area contributed by atoms with Crippen LogP contribution in [0.4, 0.5) is 5.82 Å². The van der Waals surface area contributed by atoms with Crippen molar-refractivity contribution in [3.8, 4) is 5.75 Å². The summed E-state index contributed by atoms with van der Waals surface area (Å²) in [5.74, 6) is 0.307. The van der Waals surface area contributed by atoms with Crippen molar-refractivity contribution in [1.29, 1.82) is 0 Å². The van der Waals surface area contributed by atoms with Gasteiger partial charge in [-0.3, -0.25) is 0 Å². The van der Waals surface area contributed by atoms with Gasteiger partial charge in [0.05, 0.1) is 6.20 Å². The van der Waals surface area contributed by atoms with Crippen LogP contribution in [0.5, 0.6) is 5.75 Å². The molecule has 0 aliphatic carbocycles. The lowest BCUT2D eigenvalue weighted by atomic mass is 10.5. The number of nitrogens with zero attached hydrogens (tertiary/aromatic N) is 3. The summed E-state index contributed by atoms with van der Waals surface area (Å²) < 4.78 is 0. The van der Waals surface area contributed by atoms with Crippen LogP contribution in [0, 0.1) is 0 Å². The Labute approximate surface area is 63.8 Å². The molecule has 0 atom stereocenters. The summed E-state index contributed by atoms with van der Waals surface area (Å²) >= 11 is 0. The first-order valence-electron chi connectivity index (χ1n) is 3.06. The number of anilines is 1. The Morgan fingerprint density at radius 1 is 1.73 bits per heavy atom. The largest absolute Gasteiger partial charge is 0.503 e. The van der Waals surface area contributed by atoms with Crippen molar-refractivity contribution in [3.05, 3.63) is 18.9 Å². The minimum absolute atomic E-state index is 0.0122. The second-order valence-corrected chi connectivity index (χ2v) is 1.84. The fourth-order valence-corrected chi connectivity index (χ4v) is 0.558. The van der Waals surface area contributed by atoms with Crippen LogP contribution in [0.1, 0.15) is 0 Å². The van der Waals surface area contributed by atoms with Crippen molar-refractivity contribution in [2.45, 2.75) is 0 Å². The van der Waals surface area contributed by atoms with Gasteiger partial charge in [0.2, 0.25) is 0 Å².